The topological polar surface area (TPSA) is 28.2 Å². The predicted octanol–water partition coefficient (Wildman–Crippen LogP) is 3.17. The monoisotopic (exact) mass is 305 g/mol. The summed E-state index contributed by atoms with van der Waals surface area (Å²) in [5.74, 6) is -5.59. The highest BCUT2D eigenvalue weighted by Gasteiger charge is 2.20. The third kappa shape index (κ3) is 4.06. The average molecular weight is 305 g/mol. The number of pyridine rings is 1. The van der Waals surface area contributed by atoms with Crippen molar-refractivity contribution in [3.63, 3.8) is 0 Å². The number of aromatic nitrogens is 1. The van der Waals surface area contributed by atoms with E-state index >= 15 is 0 Å². The second kappa shape index (κ2) is 7.06. The fraction of sp³-hybridized carbons (Fsp3) is 0.643. The standard InChI is InChI=1S/C14H19F4N3/c1-9-4-2-6-21(8-9)7-3-5-19-12-10(15)13(17)20-14(18)11(12)16/h9H,2-8H2,1H3,(H,19,20). The van der Waals surface area contributed by atoms with Gasteiger partial charge in [-0.15, -0.1) is 0 Å². The summed E-state index contributed by atoms with van der Waals surface area (Å²) in [4.78, 5) is 4.80. The zero-order valence-electron chi connectivity index (χ0n) is 11.9. The van der Waals surface area contributed by atoms with Crippen molar-refractivity contribution in [2.75, 3.05) is 31.5 Å². The molecular weight excluding hydrogens is 286 g/mol. The first-order valence-corrected chi connectivity index (χ1v) is 7.15. The van der Waals surface area contributed by atoms with Crippen LogP contribution in [0.1, 0.15) is 26.2 Å². The van der Waals surface area contributed by atoms with Gasteiger partial charge in [-0.05, 0) is 38.3 Å². The number of nitrogens with zero attached hydrogens (tertiary/aromatic N) is 2. The van der Waals surface area contributed by atoms with Crippen molar-refractivity contribution in [1.82, 2.24) is 9.88 Å². The number of likely N-dealkylation sites (tertiary alicyclic amines) is 1. The summed E-state index contributed by atoms with van der Waals surface area (Å²) in [6.07, 6.45) is 3.01. The summed E-state index contributed by atoms with van der Waals surface area (Å²) in [6.45, 7) is 5.25. The molecule has 0 saturated carbocycles. The van der Waals surface area contributed by atoms with Gasteiger partial charge in [0.15, 0.2) is 0 Å². The minimum absolute atomic E-state index is 0.238. The van der Waals surface area contributed by atoms with Crippen molar-refractivity contribution in [3.05, 3.63) is 23.5 Å². The Bertz CT molecular complexity index is 469. The highest BCUT2D eigenvalue weighted by molar-refractivity contribution is 5.45. The largest absolute Gasteiger partial charge is 0.380 e. The van der Waals surface area contributed by atoms with E-state index < -0.39 is 29.2 Å². The quantitative estimate of drug-likeness (QED) is 0.514. The number of rotatable bonds is 5. The molecule has 0 amide bonds. The van der Waals surface area contributed by atoms with Gasteiger partial charge in [0.25, 0.3) is 11.9 Å². The maximum Gasteiger partial charge on any atom is 0.253 e. The van der Waals surface area contributed by atoms with Crippen LogP contribution < -0.4 is 5.32 Å². The summed E-state index contributed by atoms with van der Waals surface area (Å²) in [7, 11) is 0. The molecule has 0 aromatic carbocycles. The molecule has 1 aliphatic heterocycles. The normalized spacial score (nSPS) is 19.8. The first-order chi connectivity index (χ1) is 9.99. The van der Waals surface area contributed by atoms with Crippen LogP contribution in [0.25, 0.3) is 0 Å². The molecule has 0 radical (unpaired) electrons. The van der Waals surface area contributed by atoms with Crippen molar-refractivity contribution in [1.29, 1.82) is 0 Å². The first kappa shape index (κ1) is 16.0. The van der Waals surface area contributed by atoms with E-state index in [9.17, 15) is 17.6 Å². The number of hydrogen-bond donors (Lipinski definition) is 1. The van der Waals surface area contributed by atoms with Crippen LogP contribution in [-0.4, -0.2) is 36.1 Å². The highest BCUT2D eigenvalue weighted by atomic mass is 19.2. The molecule has 1 atom stereocenters. The molecular formula is C14H19F4N3. The van der Waals surface area contributed by atoms with Crippen LogP contribution in [0, 0.1) is 29.4 Å². The molecule has 0 bridgehead atoms. The highest BCUT2D eigenvalue weighted by Crippen LogP contribution is 2.22. The summed E-state index contributed by atoms with van der Waals surface area (Å²) in [6, 6.07) is 0. The maximum atomic E-state index is 13.4. The van der Waals surface area contributed by atoms with Gasteiger partial charge in [0.1, 0.15) is 5.69 Å². The summed E-state index contributed by atoms with van der Waals surface area (Å²) in [5.41, 5.74) is -0.785. The average Bonchev–Trinajstić information content (AvgIpc) is 2.44. The Kier molecular flexibility index (Phi) is 5.39. The second-order valence-corrected chi connectivity index (χ2v) is 5.52. The smallest absolute Gasteiger partial charge is 0.253 e. The fourth-order valence-corrected chi connectivity index (χ4v) is 2.65. The molecule has 1 N–H and O–H groups in total. The third-order valence-corrected chi connectivity index (χ3v) is 3.69. The third-order valence-electron chi connectivity index (χ3n) is 3.69. The molecule has 7 heteroatoms. The Morgan fingerprint density at radius 3 is 2.48 bits per heavy atom. The van der Waals surface area contributed by atoms with Crippen LogP contribution in [0.15, 0.2) is 0 Å². The van der Waals surface area contributed by atoms with Gasteiger partial charge < -0.3 is 10.2 Å². The van der Waals surface area contributed by atoms with Crippen LogP contribution >= 0.6 is 0 Å². The summed E-state index contributed by atoms with van der Waals surface area (Å²) in [5, 5.41) is 2.42. The minimum Gasteiger partial charge on any atom is -0.380 e. The SMILES string of the molecule is CC1CCCN(CCCNc2c(F)c(F)nc(F)c2F)C1. The molecule has 2 heterocycles. The van der Waals surface area contributed by atoms with Gasteiger partial charge in [0, 0.05) is 13.1 Å². The maximum absolute atomic E-state index is 13.4. The van der Waals surface area contributed by atoms with E-state index in [1.54, 1.807) is 0 Å². The van der Waals surface area contributed by atoms with Gasteiger partial charge in [-0.2, -0.15) is 22.5 Å². The van der Waals surface area contributed by atoms with Crippen LogP contribution in [0.5, 0.6) is 0 Å². The molecule has 118 valence electrons. The second-order valence-electron chi connectivity index (χ2n) is 5.52. The van der Waals surface area contributed by atoms with Crippen LogP contribution in [0.3, 0.4) is 0 Å². The Balaban J connectivity index is 1.84. The van der Waals surface area contributed by atoms with Gasteiger partial charge in [-0.1, -0.05) is 6.92 Å². The lowest BCUT2D eigenvalue weighted by molar-refractivity contribution is 0.183. The van der Waals surface area contributed by atoms with Crippen molar-refractivity contribution in [2.45, 2.75) is 26.2 Å². The van der Waals surface area contributed by atoms with Gasteiger partial charge in [-0.3, -0.25) is 0 Å². The zero-order valence-corrected chi connectivity index (χ0v) is 11.9. The molecule has 1 saturated heterocycles. The van der Waals surface area contributed by atoms with Gasteiger partial charge in [-0.25, -0.2) is 0 Å². The minimum atomic E-state index is -1.64. The lowest BCUT2D eigenvalue weighted by Gasteiger charge is -2.30. The molecule has 3 nitrogen and oxygen atoms in total. The molecule has 21 heavy (non-hydrogen) atoms. The molecule has 0 aliphatic carbocycles. The van der Waals surface area contributed by atoms with Crippen molar-refractivity contribution < 1.29 is 17.6 Å². The molecule has 1 aromatic heterocycles. The van der Waals surface area contributed by atoms with Crippen LogP contribution in [0.4, 0.5) is 23.2 Å². The number of hydrogen-bond acceptors (Lipinski definition) is 3. The predicted molar refractivity (Wildman–Crippen MR) is 72.0 cm³/mol. The van der Waals surface area contributed by atoms with Crippen molar-refractivity contribution >= 4 is 5.69 Å². The summed E-state index contributed by atoms with van der Waals surface area (Å²) >= 11 is 0. The van der Waals surface area contributed by atoms with E-state index in [0.29, 0.717) is 12.3 Å². The van der Waals surface area contributed by atoms with Crippen molar-refractivity contribution in [3.8, 4) is 0 Å². The van der Waals surface area contributed by atoms with E-state index in [0.717, 1.165) is 26.1 Å². The summed E-state index contributed by atoms with van der Waals surface area (Å²) < 4.78 is 52.6. The molecule has 1 aliphatic rings. The number of piperidine rings is 1. The van der Waals surface area contributed by atoms with Crippen LogP contribution in [0.2, 0.25) is 0 Å². The lowest BCUT2D eigenvalue weighted by Crippen LogP contribution is -2.35. The Hall–Kier alpha value is -1.37. The van der Waals surface area contributed by atoms with Gasteiger partial charge in [0.05, 0.1) is 0 Å². The number of anilines is 1. The van der Waals surface area contributed by atoms with E-state index in [1.807, 2.05) is 0 Å². The lowest BCUT2D eigenvalue weighted by atomic mass is 10.0. The fourth-order valence-electron chi connectivity index (χ4n) is 2.65. The first-order valence-electron chi connectivity index (χ1n) is 7.15. The molecule has 2 rings (SSSR count). The zero-order chi connectivity index (χ0) is 15.4. The molecule has 1 aromatic rings. The van der Waals surface area contributed by atoms with Crippen molar-refractivity contribution in [2.24, 2.45) is 5.92 Å². The number of nitrogens with one attached hydrogen (secondary N) is 1. The van der Waals surface area contributed by atoms with E-state index in [-0.39, 0.29) is 6.54 Å². The van der Waals surface area contributed by atoms with Gasteiger partial charge in [0.2, 0.25) is 11.6 Å². The van der Waals surface area contributed by atoms with Crippen LogP contribution in [-0.2, 0) is 0 Å². The van der Waals surface area contributed by atoms with E-state index in [1.165, 1.54) is 6.42 Å². The Morgan fingerprint density at radius 1 is 1.19 bits per heavy atom. The molecule has 1 fully saturated rings. The number of halogens is 4. The van der Waals surface area contributed by atoms with E-state index in [4.69, 9.17) is 0 Å². The Morgan fingerprint density at radius 2 is 1.86 bits per heavy atom. The Labute approximate surface area is 121 Å². The van der Waals surface area contributed by atoms with Gasteiger partial charge >= 0.3 is 0 Å². The molecule has 1 unspecified atom stereocenters. The molecule has 0 spiro atoms. The van der Waals surface area contributed by atoms with E-state index in [2.05, 4.69) is 22.1 Å².